The van der Waals surface area contributed by atoms with Crippen LogP contribution in [0.15, 0.2) is 66.9 Å². The molecule has 0 saturated carbocycles. The van der Waals surface area contributed by atoms with E-state index in [-0.39, 0.29) is 22.9 Å². The van der Waals surface area contributed by atoms with Crippen LogP contribution in [0.2, 0.25) is 5.02 Å². The number of nitrogens with zero attached hydrogens (tertiary/aromatic N) is 6. The van der Waals surface area contributed by atoms with Crippen LogP contribution in [0.25, 0.3) is 5.69 Å². The first kappa shape index (κ1) is 31.2. The van der Waals surface area contributed by atoms with Gasteiger partial charge in [0.15, 0.2) is 11.5 Å². The van der Waals surface area contributed by atoms with Crippen molar-refractivity contribution in [1.29, 1.82) is 0 Å². The van der Waals surface area contributed by atoms with Crippen molar-refractivity contribution in [3.8, 4) is 5.69 Å². The van der Waals surface area contributed by atoms with E-state index in [1.165, 1.54) is 35.4 Å². The van der Waals surface area contributed by atoms with Crippen LogP contribution in [0.1, 0.15) is 50.9 Å². The van der Waals surface area contributed by atoms with Crippen molar-refractivity contribution in [2.24, 2.45) is 5.73 Å². The van der Waals surface area contributed by atoms with Crippen LogP contribution in [0.4, 0.5) is 15.8 Å². The fraction of sp³-hybridized carbons (Fsp3) is 0.303. The molecular formula is C33H34ClFN8O3. The van der Waals surface area contributed by atoms with Gasteiger partial charge in [0.1, 0.15) is 11.7 Å². The van der Waals surface area contributed by atoms with Crippen molar-refractivity contribution in [3.05, 3.63) is 100 Å². The molecule has 0 aliphatic carbocycles. The van der Waals surface area contributed by atoms with Gasteiger partial charge < -0.3 is 25.8 Å². The first-order chi connectivity index (χ1) is 22.1. The number of piperidine rings is 1. The zero-order chi connectivity index (χ0) is 32.5. The molecule has 2 aliphatic heterocycles. The molecule has 0 spiro atoms. The van der Waals surface area contributed by atoms with Crippen LogP contribution in [0.3, 0.4) is 0 Å². The number of nitrogens with one attached hydrogen (secondary N) is 1. The summed E-state index contributed by atoms with van der Waals surface area (Å²) in [5, 5.41) is 10.8. The number of amides is 3. The Kier molecular flexibility index (Phi) is 8.74. The van der Waals surface area contributed by atoms with Gasteiger partial charge in [-0.15, -0.1) is 5.10 Å². The highest BCUT2D eigenvalue weighted by Crippen LogP contribution is 2.38. The van der Waals surface area contributed by atoms with Gasteiger partial charge in [0.25, 0.3) is 11.8 Å². The standard InChI is InChI=1S/C33H34ClFN8O3/c1-40(2)22-13-16-41(17-14-22)27-7-3-5-24-23(27)15-18-42(30(24)32(45)37-21-11-9-20(10-12-21)31(36)44)33(46)26-19-43(39-38-26)28-8-4-6-25(34)29(28)35/h3-12,19,22,30H,13-18H2,1-2H3,(H2,36,44)(H,37,45)/t30-/m1/s1. The van der Waals surface area contributed by atoms with E-state index in [1.807, 2.05) is 12.1 Å². The van der Waals surface area contributed by atoms with Gasteiger partial charge in [0.2, 0.25) is 5.91 Å². The summed E-state index contributed by atoms with van der Waals surface area (Å²) in [6, 6.07) is 16.1. The van der Waals surface area contributed by atoms with Crippen LogP contribution in [-0.2, 0) is 11.2 Å². The van der Waals surface area contributed by atoms with Gasteiger partial charge in [-0.25, -0.2) is 9.07 Å². The van der Waals surface area contributed by atoms with E-state index in [0.29, 0.717) is 29.3 Å². The van der Waals surface area contributed by atoms with E-state index >= 15 is 0 Å². The van der Waals surface area contributed by atoms with Crippen LogP contribution >= 0.6 is 11.6 Å². The van der Waals surface area contributed by atoms with Crippen molar-refractivity contribution >= 4 is 40.7 Å². The number of anilines is 2. The first-order valence-electron chi connectivity index (χ1n) is 15.0. The molecule has 3 N–H and O–H groups in total. The summed E-state index contributed by atoms with van der Waals surface area (Å²) in [4.78, 5) is 45.8. The van der Waals surface area contributed by atoms with Gasteiger partial charge in [-0.2, -0.15) is 0 Å². The highest BCUT2D eigenvalue weighted by molar-refractivity contribution is 6.30. The van der Waals surface area contributed by atoms with Crippen LogP contribution < -0.4 is 16.0 Å². The summed E-state index contributed by atoms with van der Waals surface area (Å²) in [7, 11) is 4.20. The average molecular weight is 645 g/mol. The lowest BCUT2D eigenvalue weighted by Gasteiger charge is -2.41. The Morgan fingerprint density at radius 1 is 0.978 bits per heavy atom. The molecule has 1 atom stereocenters. The molecule has 46 heavy (non-hydrogen) atoms. The zero-order valence-electron chi connectivity index (χ0n) is 25.5. The van der Waals surface area contributed by atoms with Gasteiger partial charge in [-0.1, -0.05) is 35.0 Å². The molecule has 1 fully saturated rings. The van der Waals surface area contributed by atoms with E-state index in [0.717, 1.165) is 41.9 Å². The van der Waals surface area contributed by atoms with E-state index in [2.05, 4.69) is 45.6 Å². The number of carbonyl (C=O) groups excluding carboxylic acids is 3. The molecule has 3 amide bonds. The van der Waals surface area contributed by atoms with Gasteiger partial charge in [0, 0.05) is 42.6 Å². The molecule has 4 aromatic rings. The highest BCUT2D eigenvalue weighted by Gasteiger charge is 2.39. The average Bonchev–Trinajstić information content (AvgIpc) is 3.55. The van der Waals surface area contributed by atoms with Crippen LogP contribution in [0, 0.1) is 5.82 Å². The van der Waals surface area contributed by atoms with Gasteiger partial charge in [0.05, 0.1) is 11.2 Å². The van der Waals surface area contributed by atoms with Crippen molar-refractivity contribution < 1.29 is 18.8 Å². The minimum absolute atomic E-state index is 0.0411. The predicted octanol–water partition coefficient (Wildman–Crippen LogP) is 4.07. The Bertz CT molecular complexity index is 1790. The lowest BCUT2D eigenvalue weighted by molar-refractivity contribution is -0.121. The van der Waals surface area contributed by atoms with Crippen molar-refractivity contribution in [1.82, 2.24) is 24.8 Å². The monoisotopic (exact) mass is 644 g/mol. The summed E-state index contributed by atoms with van der Waals surface area (Å²) >= 11 is 5.95. The summed E-state index contributed by atoms with van der Waals surface area (Å²) < 4.78 is 15.9. The number of rotatable bonds is 7. The van der Waals surface area contributed by atoms with Gasteiger partial charge in [-0.3, -0.25) is 14.4 Å². The second-order valence-corrected chi connectivity index (χ2v) is 12.1. The van der Waals surface area contributed by atoms with E-state index < -0.39 is 29.6 Å². The summed E-state index contributed by atoms with van der Waals surface area (Å²) in [5.74, 6) is -2.23. The number of nitrogens with two attached hydrogens (primary N) is 1. The number of hydrogen-bond donors (Lipinski definition) is 2. The number of carbonyl (C=O) groups is 3. The van der Waals surface area contributed by atoms with Crippen molar-refractivity contribution in [3.63, 3.8) is 0 Å². The van der Waals surface area contributed by atoms with E-state index in [9.17, 15) is 18.8 Å². The number of aromatic nitrogens is 3. The lowest BCUT2D eigenvalue weighted by atomic mass is 9.89. The van der Waals surface area contributed by atoms with Crippen molar-refractivity contribution in [2.45, 2.75) is 31.3 Å². The number of benzene rings is 3. The van der Waals surface area contributed by atoms with Crippen molar-refractivity contribution in [2.75, 3.05) is 43.9 Å². The molecule has 2 aliphatic rings. The maximum Gasteiger partial charge on any atom is 0.277 e. The minimum atomic E-state index is -1.00. The maximum atomic E-state index is 14.7. The predicted molar refractivity (Wildman–Crippen MR) is 173 cm³/mol. The molecule has 1 saturated heterocycles. The first-order valence-corrected chi connectivity index (χ1v) is 15.4. The minimum Gasteiger partial charge on any atom is -0.371 e. The number of primary amides is 1. The topological polar surface area (TPSA) is 130 Å². The van der Waals surface area contributed by atoms with Crippen LogP contribution in [0.5, 0.6) is 0 Å². The fourth-order valence-corrected chi connectivity index (χ4v) is 6.46. The number of halogens is 2. The summed E-state index contributed by atoms with van der Waals surface area (Å²) in [5.41, 5.74) is 8.91. The second kappa shape index (κ2) is 12.9. The SMILES string of the molecule is CN(C)C1CCN(c2cccc3c2CCN(C(=O)c2cn(-c4cccc(Cl)c4F)nn2)[C@H]3C(=O)Nc2ccc(C(N)=O)cc2)CC1. The molecule has 11 nitrogen and oxygen atoms in total. The quantitative estimate of drug-likeness (QED) is 0.310. The fourth-order valence-electron chi connectivity index (χ4n) is 6.30. The molecule has 6 rings (SSSR count). The third kappa shape index (κ3) is 6.05. The molecule has 1 aromatic heterocycles. The molecule has 0 unspecified atom stereocenters. The lowest BCUT2D eigenvalue weighted by Crippen LogP contribution is -2.46. The Morgan fingerprint density at radius 3 is 2.37 bits per heavy atom. The molecular weight excluding hydrogens is 611 g/mol. The van der Waals surface area contributed by atoms with Crippen LogP contribution in [-0.4, -0.2) is 82.3 Å². The largest absolute Gasteiger partial charge is 0.371 e. The highest BCUT2D eigenvalue weighted by atomic mass is 35.5. The van der Waals surface area contributed by atoms with E-state index in [4.69, 9.17) is 17.3 Å². The van der Waals surface area contributed by atoms with Gasteiger partial charge in [-0.05, 0) is 86.9 Å². The Balaban J connectivity index is 1.34. The molecule has 13 heteroatoms. The second-order valence-electron chi connectivity index (χ2n) is 11.7. The normalized spacial score (nSPS) is 16.8. The maximum absolute atomic E-state index is 14.7. The molecule has 0 radical (unpaired) electrons. The molecule has 3 heterocycles. The zero-order valence-corrected chi connectivity index (χ0v) is 26.2. The third-order valence-electron chi connectivity index (χ3n) is 8.77. The molecule has 238 valence electrons. The Labute approximate surface area is 270 Å². The Hall–Kier alpha value is -4.81. The molecule has 3 aromatic carbocycles. The summed E-state index contributed by atoms with van der Waals surface area (Å²) in [6.07, 6.45) is 3.90. The smallest absolute Gasteiger partial charge is 0.277 e. The Morgan fingerprint density at radius 2 is 1.67 bits per heavy atom. The summed E-state index contributed by atoms with van der Waals surface area (Å²) in [6.45, 7) is 2.01. The van der Waals surface area contributed by atoms with E-state index in [1.54, 1.807) is 18.2 Å². The van der Waals surface area contributed by atoms with Gasteiger partial charge >= 0.3 is 0 Å². The third-order valence-corrected chi connectivity index (χ3v) is 9.06. The number of hydrogen-bond acceptors (Lipinski definition) is 7. The number of fused-ring (bicyclic) bond motifs is 1. The molecule has 0 bridgehead atoms.